The third-order valence-corrected chi connectivity index (χ3v) is 2.54. The highest BCUT2D eigenvalue weighted by Gasteiger charge is 2.16. The zero-order valence-electron chi connectivity index (χ0n) is 10.7. The number of fused-ring (bicyclic) bond motifs is 1. The summed E-state index contributed by atoms with van der Waals surface area (Å²) in [6, 6.07) is 5.86. The van der Waals surface area contributed by atoms with E-state index in [2.05, 4.69) is 4.98 Å². The van der Waals surface area contributed by atoms with Crippen LogP contribution >= 0.6 is 0 Å². The number of nitrogens with zero attached hydrogens (tertiary/aromatic N) is 2. The topological polar surface area (TPSA) is 49.5 Å². The third kappa shape index (κ3) is 2.77. The first kappa shape index (κ1) is 11.9. The van der Waals surface area contributed by atoms with E-state index in [1.807, 2.05) is 37.1 Å². The molecule has 0 saturated heterocycles. The Morgan fingerprint density at radius 2 is 2.12 bits per heavy atom. The number of oxazole rings is 1. The molecule has 0 radical (unpaired) electrons. The molecule has 0 amide bonds. The Bertz CT molecular complexity index is 526. The van der Waals surface area contributed by atoms with E-state index in [0.717, 1.165) is 16.8 Å². The minimum Gasteiger partial charge on any atom is -0.441 e. The minimum absolute atomic E-state index is 0.561. The molecule has 1 aromatic heterocycles. The summed E-state index contributed by atoms with van der Waals surface area (Å²) >= 11 is 0. The molecular formula is C13H18N2O2. The van der Waals surface area contributed by atoms with Crippen molar-refractivity contribution in [3.05, 3.63) is 24.1 Å². The molecule has 1 heterocycles. The van der Waals surface area contributed by atoms with Gasteiger partial charge in [0, 0.05) is 32.3 Å². The Labute approximate surface area is 101 Å². The van der Waals surface area contributed by atoms with Gasteiger partial charge in [0.25, 0.3) is 0 Å². The number of anilines is 1. The van der Waals surface area contributed by atoms with E-state index < -0.39 is 5.60 Å². The molecule has 2 aromatic rings. The Morgan fingerprint density at radius 1 is 1.41 bits per heavy atom. The SMILES string of the molecule is Cc1nc2ccc(N(C)CC(C)(C)O)cc2o1. The molecule has 17 heavy (non-hydrogen) atoms. The maximum atomic E-state index is 9.79. The van der Waals surface area contributed by atoms with Crippen LogP contribution in [0.25, 0.3) is 11.1 Å². The summed E-state index contributed by atoms with van der Waals surface area (Å²) in [5.74, 6) is 0.669. The molecule has 0 aliphatic heterocycles. The first-order chi connectivity index (χ1) is 7.85. The molecule has 92 valence electrons. The van der Waals surface area contributed by atoms with Crippen molar-refractivity contribution in [1.29, 1.82) is 0 Å². The zero-order chi connectivity index (χ0) is 12.6. The maximum absolute atomic E-state index is 9.79. The van der Waals surface area contributed by atoms with Gasteiger partial charge in [-0.3, -0.25) is 0 Å². The van der Waals surface area contributed by atoms with Crippen LogP contribution in [0, 0.1) is 6.92 Å². The first-order valence-electron chi connectivity index (χ1n) is 5.66. The van der Waals surface area contributed by atoms with Gasteiger partial charge in [-0.25, -0.2) is 4.98 Å². The average molecular weight is 234 g/mol. The van der Waals surface area contributed by atoms with Crippen molar-refractivity contribution in [3.8, 4) is 0 Å². The van der Waals surface area contributed by atoms with Crippen LogP contribution in [0.2, 0.25) is 0 Å². The van der Waals surface area contributed by atoms with Crippen LogP contribution in [0.1, 0.15) is 19.7 Å². The molecule has 2 rings (SSSR count). The normalized spacial score (nSPS) is 12.1. The first-order valence-corrected chi connectivity index (χ1v) is 5.66. The number of rotatable bonds is 3. The van der Waals surface area contributed by atoms with Crippen molar-refractivity contribution in [2.45, 2.75) is 26.4 Å². The summed E-state index contributed by atoms with van der Waals surface area (Å²) in [4.78, 5) is 6.25. The molecule has 0 aliphatic carbocycles. The van der Waals surface area contributed by atoms with Gasteiger partial charge < -0.3 is 14.4 Å². The van der Waals surface area contributed by atoms with Crippen LogP contribution in [0.3, 0.4) is 0 Å². The van der Waals surface area contributed by atoms with Crippen LogP contribution < -0.4 is 4.90 Å². The maximum Gasteiger partial charge on any atom is 0.192 e. The Kier molecular flexibility index (Phi) is 2.83. The second kappa shape index (κ2) is 4.04. The number of benzene rings is 1. The Balaban J connectivity index is 2.29. The van der Waals surface area contributed by atoms with Crippen molar-refractivity contribution in [3.63, 3.8) is 0 Å². The Hall–Kier alpha value is -1.55. The van der Waals surface area contributed by atoms with Crippen molar-refractivity contribution in [1.82, 2.24) is 4.98 Å². The monoisotopic (exact) mass is 234 g/mol. The lowest BCUT2D eigenvalue weighted by Gasteiger charge is -2.27. The summed E-state index contributed by atoms with van der Waals surface area (Å²) in [6.45, 7) is 5.98. The molecule has 4 heteroatoms. The summed E-state index contributed by atoms with van der Waals surface area (Å²) in [6.07, 6.45) is 0. The minimum atomic E-state index is -0.721. The molecule has 1 aromatic carbocycles. The summed E-state index contributed by atoms with van der Waals surface area (Å²) in [5.41, 5.74) is 1.93. The Morgan fingerprint density at radius 3 is 2.76 bits per heavy atom. The number of aryl methyl sites for hydroxylation is 1. The molecule has 0 saturated carbocycles. The van der Waals surface area contributed by atoms with Gasteiger partial charge in [-0.05, 0) is 26.0 Å². The van der Waals surface area contributed by atoms with Crippen molar-refractivity contribution in [2.24, 2.45) is 0 Å². The van der Waals surface area contributed by atoms with E-state index in [9.17, 15) is 5.11 Å². The molecular weight excluding hydrogens is 216 g/mol. The number of hydrogen-bond donors (Lipinski definition) is 1. The highest BCUT2D eigenvalue weighted by Crippen LogP contribution is 2.23. The van der Waals surface area contributed by atoms with E-state index in [1.165, 1.54) is 0 Å². The highest BCUT2D eigenvalue weighted by molar-refractivity contribution is 5.77. The summed E-state index contributed by atoms with van der Waals surface area (Å²) < 4.78 is 5.49. The number of likely N-dealkylation sites (N-methyl/N-ethyl adjacent to an activating group) is 1. The molecule has 1 N–H and O–H groups in total. The van der Waals surface area contributed by atoms with Gasteiger partial charge in [-0.15, -0.1) is 0 Å². The van der Waals surface area contributed by atoms with E-state index in [1.54, 1.807) is 13.8 Å². The largest absolute Gasteiger partial charge is 0.441 e. The van der Waals surface area contributed by atoms with E-state index in [4.69, 9.17) is 4.42 Å². The van der Waals surface area contributed by atoms with Crippen LogP contribution in [-0.4, -0.2) is 29.3 Å². The molecule has 0 spiro atoms. The standard InChI is InChI=1S/C13H18N2O2/c1-9-14-11-6-5-10(7-12(11)17-9)15(4)8-13(2,3)16/h5-7,16H,8H2,1-4H3. The van der Waals surface area contributed by atoms with E-state index >= 15 is 0 Å². The van der Waals surface area contributed by atoms with Gasteiger partial charge in [0.2, 0.25) is 0 Å². The van der Waals surface area contributed by atoms with Gasteiger partial charge in [-0.1, -0.05) is 0 Å². The second-order valence-electron chi connectivity index (χ2n) is 5.05. The molecule has 0 atom stereocenters. The van der Waals surface area contributed by atoms with E-state index in [-0.39, 0.29) is 0 Å². The van der Waals surface area contributed by atoms with Crippen LogP contribution in [0.5, 0.6) is 0 Å². The van der Waals surface area contributed by atoms with Crippen LogP contribution in [0.4, 0.5) is 5.69 Å². The van der Waals surface area contributed by atoms with Gasteiger partial charge in [0.15, 0.2) is 11.5 Å². The van der Waals surface area contributed by atoms with Gasteiger partial charge >= 0.3 is 0 Å². The fourth-order valence-corrected chi connectivity index (χ4v) is 1.94. The molecule has 4 nitrogen and oxygen atoms in total. The summed E-state index contributed by atoms with van der Waals surface area (Å²) in [5, 5.41) is 9.79. The molecule has 0 fully saturated rings. The lowest BCUT2D eigenvalue weighted by molar-refractivity contribution is 0.0886. The van der Waals surface area contributed by atoms with Gasteiger partial charge in [-0.2, -0.15) is 0 Å². The van der Waals surface area contributed by atoms with Gasteiger partial charge in [0.1, 0.15) is 5.52 Å². The predicted molar refractivity (Wildman–Crippen MR) is 68.3 cm³/mol. The van der Waals surface area contributed by atoms with Crippen molar-refractivity contribution >= 4 is 16.8 Å². The predicted octanol–water partition coefficient (Wildman–Crippen LogP) is 2.34. The fourth-order valence-electron chi connectivity index (χ4n) is 1.94. The van der Waals surface area contributed by atoms with Crippen molar-refractivity contribution < 1.29 is 9.52 Å². The molecule has 0 aliphatic rings. The molecule has 0 bridgehead atoms. The fraction of sp³-hybridized carbons (Fsp3) is 0.462. The average Bonchev–Trinajstić information content (AvgIpc) is 2.53. The zero-order valence-corrected chi connectivity index (χ0v) is 10.7. The van der Waals surface area contributed by atoms with E-state index in [0.29, 0.717) is 12.4 Å². The molecule has 0 unspecified atom stereocenters. The number of aromatic nitrogens is 1. The van der Waals surface area contributed by atoms with Gasteiger partial charge in [0.05, 0.1) is 5.60 Å². The summed E-state index contributed by atoms with van der Waals surface area (Å²) in [7, 11) is 1.95. The second-order valence-corrected chi connectivity index (χ2v) is 5.05. The lowest BCUT2D eigenvalue weighted by Crippen LogP contribution is -2.36. The van der Waals surface area contributed by atoms with Crippen molar-refractivity contribution in [2.75, 3.05) is 18.5 Å². The smallest absolute Gasteiger partial charge is 0.192 e. The highest BCUT2D eigenvalue weighted by atomic mass is 16.3. The number of aliphatic hydroxyl groups is 1. The number of hydrogen-bond acceptors (Lipinski definition) is 4. The lowest BCUT2D eigenvalue weighted by atomic mass is 10.1. The van der Waals surface area contributed by atoms with Crippen LogP contribution in [-0.2, 0) is 0 Å². The third-order valence-electron chi connectivity index (χ3n) is 2.54. The van der Waals surface area contributed by atoms with Crippen LogP contribution in [0.15, 0.2) is 22.6 Å². The quantitative estimate of drug-likeness (QED) is 0.885.